The number of ether oxygens (including phenoxy) is 1. The third-order valence-corrected chi connectivity index (χ3v) is 6.85. The number of carbonyl (C=O) groups is 1. The summed E-state index contributed by atoms with van der Waals surface area (Å²) in [6.45, 7) is 1.55. The van der Waals surface area contributed by atoms with Crippen molar-refractivity contribution in [1.82, 2.24) is 9.97 Å². The predicted molar refractivity (Wildman–Crippen MR) is 111 cm³/mol. The van der Waals surface area contributed by atoms with Gasteiger partial charge in [-0.3, -0.25) is 4.79 Å². The molecule has 1 saturated heterocycles. The van der Waals surface area contributed by atoms with E-state index >= 15 is 0 Å². The second-order valence-corrected chi connectivity index (χ2v) is 8.67. The van der Waals surface area contributed by atoms with Gasteiger partial charge in [-0.2, -0.15) is 0 Å². The average Bonchev–Trinajstić information content (AvgIpc) is 3.11. The van der Waals surface area contributed by atoms with Gasteiger partial charge in [-0.1, -0.05) is 30.7 Å². The molecule has 2 aliphatic rings. The molecule has 3 aromatic rings. The second-order valence-electron chi connectivity index (χ2n) is 7.64. The van der Waals surface area contributed by atoms with Crippen LogP contribution in [0.25, 0.3) is 10.2 Å². The molecule has 0 unspecified atom stereocenters. The molecule has 0 radical (unpaired) electrons. The Bertz CT molecular complexity index is 1010. The molecule has 0 amide bonds. The van der Waals surface area contributed by atoms with Crippen molar-refractivity contribution in [2.75, 3.05) is 18.5 Å². The lowest BCUT2D eigenvalue weighted by Gasteiger charge is -2.27. The van der Waals surface area contributed by atoms with Crippen molar-refractivity contribution in [3.8, 4) is 0 Å². The van der Waals surface area contributed by atoms with Crippen LogP contribution >= 0.6 is 11.3 Å². The molecule has 1 aliphatic heterocycles. The summed E-state index contributed by atoms with van der Waals surface area (Å²) in [6.07, 6.45) is 7.37. The lowest BCUT2D eigenvalue weighted by molar-refractivity contribution is 0.0903. The summed E-state index contributed by atoms with van der Waals surface area (Å²) < 4.78 is 5.40. The van der Waals surface area contributed by atoms with Crippen LogP contribution in [0.4, 0.5) is 5.95 Å². The van der Waals surface area contributed by atoms with Gasteiger partial charge in [0.1, 0.15) is 4.83 Å². The summed E-state index contributed by atoms with van der Waals surface area (Å²) in [6, 6.07) is 10.3. The molecule has 0 bridgehead atoms. The quantitative estimate of drug-likeness (QED) is 0.632. The van der Waals surface area contributed by atoms with Gasteiger partial charge in [0.05, 0.1) is 4.88 Å². The van der Waals surface area contributed by atoms with Crippen LogP contribution in [0.15, 0.2) is 36.5 Å². The van der Waals surface area contributed by atoms with Crippen LogP contribution < -0.4 is 5.32 Å². The number of hydrogen-bond donors (Lipinski definition) is 1. The zero-order chi connectivity index (χ0) is 18.9. The van der Waals surface area contributed by atoms with E-state index in [0.717, 1.165) is 46.7 Å². The smallest absolute Gasteiger partial charge is 0.224 e. The third kappa shape index (κ3) is 3.42. The highest BCUT2D eigenvalue weighted by atomic mass is 32.1. The fourth-order valence-electron chi connectivity index (χ4n) is 3.95. The van der Waals surface area contributed by atoms with Gasteiger partial charge in [0, 0.05) is 36.4 Å². The first-order valence-corrected chi connectivity index (χ1v) is 10.8. The van der Waals surface area contributed by atoms with Crippen LogP contribution in [-0.4, -0.2) is 35.0 Å². The van der Waals surface area contributed by atoms with Crippen LogP contribution in [-0.2, 0) is 4.74 Å². The maximum Gasteiger partial charge on any atom is 0.224 e. The normalized spacial score (nSPS) is 18.1. The van der Waals surface area contributed by atoms with Crippen molar-refractivity contribution < 1.29 is 9.53 Å². The number of hydrogen-bond acceptors (Lipinski definition) is 6. The minimum atomic E-state index is 0.101. The number of benzene rings is 1. The first kappa shape index (κ1) is 17.8. The molecule has 2 aromatic heterocycles. The van der Waals surface area contributed by atoms with E-state index in [1.807, 2.05) is 30.5 Å². The Morgan fingerprint density at radius 1 is 1.14 bits per heavy atom. The maximum absolute atomic E-state index is 13.2. The van der Waals surface area contributed by atoms with Crippen molar-refractivity contribution in [3.63, 3.8) is 0 Å². The third-order valence-electron chi connectivity index (χ3n) is 5.80. The number of fused-ring (bicyclic) bond motifs is 1. The monoisotopic (exact) mass is 393 g/mol. The van der Waals surface area contributed by atoms with Gasteiger partial charge in [-0.15, -0.1) is 11.3 Å². The van der Waals surface area contributed by atoms with E-state index in [0.29, 0.717) is 17.9 Å². The molecule has 1 N–H and O–H groups in total. The van der Waals surface area contributed by atoms with Crippen LogP contribution in [0.1, 0.15) is 58.8 Å². The molecule has 1 aliphatic carbocycles. The summed E-state index contributed by atoms with van der Waals surface area (Å²) in [5.41, 5.74) is 2.04. The van der Waals surface area contributed by atoms with E-state index < -0.39 is 0 Å². The van der Waals surface area contributed by atoms with Crippen molar-refractivity contribution >= 4 is 33.3 Å². The van der Waals surface area contributed by atoms with Gasteiger partial charge in [-0.05, 0) is 43.2 Å². The Hall–Kier alpha value is -2.31. The highest BCUT2D eigenvalue weighted by Crippen LogP contribution is 2.39. The minimum Gasteiger partial charge on any atom is -0.381 e. The van der Waals surface area contributed by atoms with Gasteiger partial charge < -0.3 is 10.1 Å². The molecule has 5 nitrogen and oxygen atoms in total. The summed E-state index contributed by atoms with van der Waals surface area (Å²) in [4.78, 5) is 23.9. The highest BCUT2D eigenvalue weighted by molar-refractivity contribution is 7.20. The first-order valence-electron chi connectivity index (χ1n) is 10.0. The topological polar surface area (TPSA) is 64.1 Å². The molecular weight excluding hydrogens is 370 g/mol. The van der Waals surface area contributed by atoms with Crippen LogP contribution in [0.2, 0.25) is 0 Å². The van der Waals surface area contributed by atoms with Gasteiger partial charge in [-0.25, -0.2) is 9.97 Å². The van der Waals surface area contributed by atoms with E-state index in [2.05, 4.69) is 21.4 Å². The van der Waals surface area contributed by atoms with Gasteiger partial charge in [0.15, 0.2) is 0 Å². The minimum absolute atomic E-state index is 0.101. The standard InChI is InChI=1S/C22H23N3O2S/c26-20(18-7-2-1-6-17(18)14-4-3-5-14)19-12-15-13-23-22(25-21(15)28-19)24-16-8-10-27-11-9-16/h1-2,6-7,12-14,16H,3-5,8-11H2,(H,23,24,25). The molecule has 5 rings (SSSR count). The number of carbonyl (C=O) groups excluding carboxylic acids is 1. The van der Waals surface area contributed by atoms with Crippen LogP contribution in [0.3, 0.4) is 0 Å². The van der Waals surface area contributed by atoms with E-state index in [1.54, 1.807) is 0 Å². The van der Waals surface area contributed by atoms with Crippen molar-refractivity contribution in [3.05, 3.63) is 52.5 Å². The molecule has 1 saturated carbocycles. The number of anilines is 1. The number of nitrogens with one attached hydrogen (secondary N) is 1. The predicted octanol–water partition coefficient (Wildman–Crippen LogP) is 4.78. The lowest BCUT2D eigenvalue weighted by Crippen LogP contribution is -2.28. The van der Waals surface area contributed by atoms with Crippen molar-refractivity contribution in [1.29, 1.82) is 0 Å². The maximum atomic E-state index is 13.2. The summed E-state index contributed by atoms with van der Waals surface area (Å²) in [5, 5.41) is 4.33. The van der Waals surface area contributed by atoms with Gasteiger partial charge >= 0.3 is 0 Å². The summed E-state index contributed by atoms with van der Waals surface area (Å²) >= 11 is 1.46. The largest absolute Gasteiger partial charge is 0.381 e. The molecule has 28 heavy (non-hydrogen) atoms. The zero-order valence-electron chi connectivity index (χ0n) is 15.7. The molecule has 0 atom stereocenters. The zero-order valence-corrected chi connectivity index (χ0v) is 16.5. The van der Waals surface area contributed by atoms with E-state index in [9.17, 15) is 4.79 Å². The second kappa shape index (κ2) is 7.60. The van der Waals surface area contributed by atoms with Gasteiger partial charge in [0.25, 0.3) is 0 Å². The highest BCUT2D eigenvalue weighted by Gasteiger charge is 2.25. The average molecular weight is 394 g/mol. The van der Waals surface area contributed by atoms with Crippen LogP contribution in [0, 0.1) is 0 Å². The Labute approximate surface area is 168 Å². The van der Waals surface area contributed by atoms with Crippen molar-refractivity contribution in [2.45, 2.75) is 44.1 Å². The number of rotatable bonds is 5. The number of aromatic nitrogens is 2. The molecule has 6 heteroatoms. The molecule has 144 valence electrons. The Morgan fingerprint density at radius 3 is 2.75 bits per heavy atom. The fourth-order valence-corrected chi connectivity index (χ4v) is 4.91. The number of nitrogens with zero attached hydrogens (tertiary/aromatic N) is 2. The first-order chi connectivity index (χ1) is 13.8. The van der Waals surface area contributed by atoms with Crippen LogP contribution in [0.5, 0.6) is 0 Å². The molecule has 0 spiro atoms. The number of ketones is 1. The SMILES string of the molecule is O=C(c1cc2cnc(NC3CCOCC3)nc2s1)c1ccccc1C1CCC1. The van der Waals surface area contributed by atoms with E-state index in [4.69, 9.17) is 4.74 Å². The fraction of sp³-hybridized carbons (Fsp3) is 0.409. The molecule has 2 fully saturated rings. The molecule has 1 aromatic carbocycles. The molecule has 3 heterocycles. The van der Waals surface area contributed by atoms with Crippen molar-refractivity contribution in [2.24, 2.45) is 0 Å². The molecular formula is C22H23N3O2S. The summed E-state index contributed by atoms with van der Waals surface area (Å²) in [7, 11) is 0. The lowest BCUT2D eigenvalue weighted by atomic mass is 9.77. The van der Waals surface area contributed by atoms with E-state index in [1.165, 1.54) is 36.2 Å². The Kier molecular flexibility index (Phi) is 4.82. The van der Waals surface area contributed by atoms with E-state index in [-0.39, 0.29) is 5.78 Å². The Morgan fingerprint density at radius 2 is 1.96 bits per heavy atom. The number of thiophene rings is 1. The Balaban J connectivity index is 1.41. The van der Waals surface area contributed by atoms with Gasteiger partial charge in [0.2, 0.25) is 11.7 Å². The summed E-state index contributed by atoms with van der Waals surface area (Å²) in [5.74, 6) is 1.27.